The van der Waals surface area contributed by atoms with E-state index in [2.05, 4.69) is 17.1 Å². The van der Waals surface area contributed by atoms with Crippen LogP contribution < -0.4 is 15.8 Å². The fraction of sp³-hybridized carbons (Fsp3) is 0.625. The van der Waals surface area contributed by atoms with Gasteiger partial charge in [-0.15, -0.1) is 0 Å². The number of likely N-dealkylation sites (tertiary alicyclic amines) is 1. The summed E-state index contributed by atoms with van der Waals surface area (Å²) < 4.78 is 5.51. The zero-order valence-electron chi connectivity index (χ0n) is 12.7. The first kappa shape index (κ1) is 15.0. The summed E-state index contributed by atoms with van der Waals surface area (Å²) in [4.78, 5) is 2.53. The van der Waals surface area contributed by atoms with Crippen LogP contribution in [0.3, 0.4) is 0 Å². The number of nitrogen functional groups attached to an aromatic ring is 1. The van der Waals surface area contributed by atoms with E-state index in [1.807, 2.05) is 25.1 Å². The topological polar surface area (TPSA) is 50.5 Å². The van der Waals surface area contributed by atoms with E-state index in [-0.39, 0.29) is 0 Å². The lowest BCUT2D eigenvalue weighted by molar-refractivity contribution is 0.199. The molecule has 1 heterocycles. The van der Waals surface area contributed by atoms with Crippen LogP contribution in [0.15, 0.2) is 18.2 Å². The van der Waals surface area contributed by atoms with Crippen molar-refractivity contribution in [2.24, 2.45) is 5.92 Å². The van der Waals surface area contributed by atoms with Gasteiger partial charge in [0.1, 0.15) is 5.75 Å². The lowest BCUT2D eigenvalue weighted by atomic mass is 9.99. The Morgan fingerprint density at radius 1 is 1.30 bits per heavy atom. The first-order chi connectivity index (χ1) is 9.67. The Hall–Kier alpha value is -1.42. The van der Waals surface area contributed by atoms with E-state index in [9.17, 15) is 0 Å². The number of rotatable bonds is 6. The summed E-state index contributed by atoms with van der Waals surface area (Å²) in [5.74, 6) is 1.73. The van der Waals surface area contributed by atoms with Crippen LogP contribution in [0.1, 0.15) is 26.7 Å². The molecule has 3 N–H and O–H groups in total. The van der Waals surface area contributed by atoms with E-state index in [0.29, 0.717) is 6.61 Å². The molecule has 0 amide bonds. The smallest absolute Gasteiger partial charge is 0.123 e. The first-order valence-corrected chi connectivity index (χ1v) is 7.67. The lowest BCUT2D eigenvalue weighted by Crippen LogP contribution is -2.36. The highest BCUT2D eigenvalue weighted by Gasteiger charge is 2.14. The molecule has 1 fully saturated rings. The van der Waals surface area contributed by atoms with Crippen molar-refractivity contribution in [2.45, 2.75) is 26.7 Å². The van der Waals surface area contributed by atoms with Gasteiger partial charge < -0.3 is 20.7 Å². The van der Waals surface area contributed by atoms with Gasteiger partial charge in [-0.25, -0.2) is 0 Å². The minimum Gasteiger partial charge on any atom is -0.494 e. The van der Waals surface area contributed by atoms with Crippen LogP contribution in [0.25, 0.3) is 0 Å². The minimum atomic E-state index is 0.662. The van der Waals surface area contributed by atoms with Crippen LogP contribution in [0, 0.1) is 5.92 Å². The average molecular weight is 277 g/mol. The molecule has 2 rings (SSSR count). The molecule has 0 aromatic heterocycles. The van der Waals surface area contributed by atoms with Gasteiger partial charge in [0.25, 0.3) is 0 Å². The SMILES string of the molecule is CCOc1cc(N)cc(NCCN2CCC(C)CC2)c1. The van der Waals surface area contributed by atoms with E-state index in [4.69, 9.17) is 10.5 Å². The first-order valence-electron chi connectivity index (χ1n) is 7.67. The quantitative estimate of drug-likeness (QED) is 0.785. The molecule has 0 atom stereocenters. The average Bonchev–Trinajstić information content (AvgIpc) is 2.41. The van der Waals surface area contributed by atoms with E-state index < -0.39 is 0 Å². The lowest BCUT2D eigenvalue weighted by Gasteiger charge is -2.30. The summed E-state index contributed by atoms with van der Waals surface area (Å²) in [5.41, 5.74) is 7.67. The van der Waals surface area contributed by atoms with Gasteiger partial charge in [0.05, 0.1) is 6.61 Å². The summed E-state index contributed by atoms with van der Waals surface area (Å²) in [6.07, 6.45) is 2.65. The maximum Gasteiger partial charge on any atom is 0.123 e. The van der Waals surface area contributed by atoms with Crippen molar-refractivity contribution in [1.82, 2.24) is 4.90 Å². The number of anilines is 2. The van der Waals surface area contributed by atoms with Gasteiger partial charge in [-0.2, -0.15) is 0 Å². The molecule has 0 spiro atoms. The van der Waals surface area contributed by atoms with Gasteiger partial charge >= 0.3 is 0 Å². The summed E-state index contributed by atoms with van der Waals surface area (Å²) >= 11 is 0. The van der Waals surface area contributed by atoms with Gasteiger partial charge in [-0.05, 0) is 44.8 Å². The standard InChI is InChI=1S/C16H27N3O/c1-3-20-16-11-14(17)10-15(12-16)18-6-9-19-7-4-13(2)5-8-19/h10-13,18H,3-9,17H2,1-2H3. The molecular weight excluding hydrogens is 250 g/mol. The molecule has 112 valence electrons. The monoisotopic (exact) mass is 277 g/mol. The molecule has 20 heavy (non-hydrogen) atoms. The number of piperidine rings is 1. The predicted molar refractivity (Wildman–Crippen MR) is 85.4 cm³/mol. The van der Waals surface area contributed by atoms with Crippen molar-refractivity contribution in [3.63, 3.8) is 0 Å². The van der Waals surface area contributed by atoms with Gasteiger partial charge in [0.2, 0.25) is 0 Å². The zero-order valence-corrected chi connectivity index (χ0v) is 12.7. The van der Waals surface area contributed by atoms with Crippen LogP contribution >= 0.6 is 0 Å². The van der Waals surface area contributed by atoms with E-state index in [1.165, 1.54) is 25.9 Å². The third kappa shape index (κ3) is 4.60. The number of hydrogen-bond acceptors (Lipinski definition) is 4. The Morgan fingerprint density at radius 3 is 2.75 bits per heavy atom. The fourth-order valence-corrected chi connectivity index (χ4v) is 2.62. The van der Waals surface area contributed by atoms with Crippen molar-refractivity contribution in [2.75, 3.05) is 43.8 Å². The van der Waals surface area contributed by atoms with E-state index in [1.54, 1.807) is 0 Å². The largest absolute Gasteiger partial charge is 0.494 e. The second-order valence-electron chi connectivity index (χ2n) is 5.67. The Morgan fingerprint density at radius 2 is 2.05 bits per heavy atom. The number of nitrogens with one attached hydrogen (secondary N) is 1. The van der Waals surface area contributed by atoms with Gasteiger partial charge in [-0.1, -0.05) is 6.92 Å². The third-order valence-corrected chi connectivity index (χ3v) is 3.87. The molecule has 4 heteroatoms. The molecule has 4 nitrogen and oxygen atoms in total. The van der Waals surface area contributed by atoms with Crippen molar-refractivity contribution < 1.29 is 4.74 Å². The number of nitrogens with two attached hydrogens (primary N) is 1. The zero-order chi connectivity index (χ0) is 14.4. The number of hydrogen-bond donors (Lipinski definition) is 2. The molecule has 0 aliphatic carbocycles. The Balaban J connectivity index is 1.78. The molecule has 1 aliphatic rings. The Kier molecular flexibility index (Phi) is 5.53. The highest BCUT2D eigenvalue weighted by Crippen LogP contribution is 2.22. The molecule has 0 radical (unpaired) electrons. The molecule has 1 aliphatic heterocycles. The number of ether oxygens (including phenoxy) is 1. The van der Waals surface area contributed by atoms with E-state index in [0.717, 1.165) is 36.1 Å². The second kappa shape index (κ2) is 7.39. The van der Waals surface area contributed by atoms with Crippen molar-refractivity contribution >= 4 is 11.4 Å². The maximum atomic E-state index is 5.89. The summed E-state index contributed by atoms with van der Waals surface area (Å²) in [6, 6.07) is 5.83. The summed E-state index contributed by atoms with van der Waals surface area (Å²) in [6.45, 7) is 9.48. The summed E-state index contributed by atoms with van der Waals surface area (Å²) in [7, 11) is 0. The summed E-state index contributed by atoms with van der Waals surface area (Å²) in [5, 5.41) is 3.44. The van der Waals surface area contributed by atoms with E-state index >= 15 is 0 Å². The molecule has 0 bridgehead atoms. The normalized spacial score (nSPS) is 17.1. The number of nitrogens with zero attached hydrogens (tertiary/aromatic N) is 1. The highest BCUT2D eigenvalue weighted by molar-refractivity contribution is 5.59. The molecule has 1 aromatic rings. The van der Waals surface area contributed by atoms with Gasteiger partial charge in [0.15, 0.2) is 0 Å². The molecule has 1 saturated heterocycles. The molecule has 0 saturated carbocycles. The van der Waals surface area contributed by atoms with Crippen LogP contribution in [0.5, 0.6) is 5.75 Å². The molecular formula is C16H27N3O. The Bertz CT molecular complexity index is 414. The minimum absolute atomic E-state index is 0.662. The maximum absolute atomic E-state index is 5.89. The van der Waals surface area contributed by atoms with Crippen molar-refractivity contribution in [3.05, 3.63) is 18.2 Å². The van der Waals surface area contributed by atoms with Gasteiger partial charge in [-0.3, -0.25) is 0 Å². The third-order valence-electron chi connectivity index (χ3n) is 3.87. The predicted octanol–water partition coefficient (Wildman–Crippen LogP) is 2.81. The second-order valence-corrected chi connectivity index (χ2v) is 5.67. The number of benzene rings is 1. The van der Waals surface area contributed by atoms with Crippen molar-refractivity contribution in [3.8, 4) is 5.75 Å². The van der Waals surface area contributed by atoms with Crippen LogP contribution in [0.4, 0.5) is 11.4 Å². The van der Waals surface area contributed by atoms with Crippen LogP contribution in [-0.2, 0) is 0 Å². The van der Waals surface area contributed by atoms with Crippen LogP contribution in [-0.4, -0.2) is 37.7 Å². The molecule has 0 unspecified atom stereocenters. The molecule has 1 aromatic carbocycles. The van der Waals surface area contributed by atoms with Crippen LogP contribution in [0.2, 0.25) is 0 Å². The van der Waals surface area contributed by atoms with Gasteiger partial charge in [0, 0.05) is 36.6 Å². The fourth-order valence-electron chi connectivity index (χ4n) is 2.62. The Labute approximate surface area is 122 Å². The highest BCUT2D eigenvalue weighted by atomic mass is 16.5. The van der Waals surface area contributed by atoms with Crippen molar-refractivity contribution in [1.29, 1.82) is 0 Å².